The molecule has 0 amide bonds. The molecule has 1 saturated heterocycles. The third kappa shape index (κ3) is 4.80. The molecule has 17 heavy (non-hydrogen) atoms. The van der Waals surface area contributed by atoms with Gasteiger partial charge in [-0.05, 0) is 44.2 Å². The normalized spacial score (nSPS) is 30.7. The second-order valence-corrected chi connectivity index (χ2v) is 6.77. The molecular weight excluding hydrogens is 228 g/mol. The molecule has 0 bridgehead atoms. The zero-order chi connectivity index (χ0) is 12.7. The first-order valence-electron chi connectivity index (χ1n) is 7.22. The lowest BCUT2D eigenvalue weighted by atomic mass is 9.92. The molecule has 2 nitrogen and oxygen atoms in total. The predicted molar refractivity (Wildman–Crippen MR) is 80.0 cm³/mol. The standard InChI is InChI=1S/C14H30N2S/c1-5-13-11-15-14(4,6-2)12-16(13)9-8-10-17-7-3/h13,15H,5-12H2,1-4H3. The van der Waals surface area contributed by atoms with Crippen molar-refractivity contribution in [3.05, 3.63) is 0 Å². The quantitative estimate of drug-likeness (QED) is 0.707. The maximum absolute atomic E-state index is 3.73. The Hall–Kier alpha value is 0.270. The maximum Gasteiger partial charge on any atom is 0.0278 e. The van der Waals surface area contributed by atoms with Crippen LogP contribution in [0.15, 0.2) is 0 Å². The van der Waals surface area contributed by atoms with E-state index in [1.165, 1.54) is 50.4 Å². The third-order valence-corrected chi connectivity index (χ3v) is 5.01. The molecule has 1 N–H and O–H groups in total. The summed E-state index contributed by atoms with van der Waals surface area (Å²) in [6.07, 6.45) is 3.84. The molecule has 0 radical (unpaired) electrons. The van der Waals surface area contributed by atoms with E-state index in [1.54, 1.807) is 0 Å². The Morgan fingerprint density at radius 2 is 2.12 bits per heavy atom. The molecule has 0 aromatic rings. The summed E-state index contributed by atoms with van der Waals surface area (Å²) in [6, 6.07) is 0.751. The Morgan fingerprint density at radius 1 is 1.35 bits per heavy atom. The second kappa shape index (κ2) is 7.65. The van der Waals surface area contributed by atoms with E-state index in [0.29, 0.717) is 5.54 Å². The average Bonchev–Trinajstić information content (AvgIpc) is 2.35. The molecule has 2 unspecified atom stereocenters. The van der Waals surface area contributed by atoms with Crippen molar-refractivity contribution < 1.29 is 0 Å². The van der Waals surface area contributed by atoms with Gasteiger partial charge in [0.05, 0.1) is 0 Å². The van der Waals surface area contributed by atoms with Crippen molar-refractivity contribution in [2.24, 2.45) is 0 Å². The second-order valence-electron chi connectivity index (χ2n) is 5.38. The van der Waals surface area contributed by atoms with Crippen molar-refractivity contribution >= 4 is 11.8 Å². The minimum absolute atomic E-state index is 0.337. The van der Waals surface area contributed by atoms with Crippen molar-refractivity contribution in [3.8, 4) is 0 Å². The van der Waals surface area contributed by atoms with Crippen LogP contribution in [0.5, 0.6) is 0 Å². The Labute approximate surface area is 112 Å². The first kappa shape index (κ1) is 15.3. The molecule has 1 heterocycles. The zero-order valence-corrected chi connectivity index (χ0v) is 12.9. The van der Waals surface area contributed by atoms with E-state index in [-0.39, 0.29) is 0 Å². The van der Waals surface area contributed by atoms with Gasteiger partial charge in [0.1, 0.15) is 0 Å². The van der Waals surface area contributed by atoms with E-state index in [4.69, 9.17) is 0 Å². The highest BCUT2D eigenvalue weighted by Crippen LogP contribution is 2.20. The van der Waals surface area contributed by atoms with E-state index in [2.05, 4.69) is 49.7 Å². The smallest absolute Gasteiger partial charge is 0.0278 e. The minimum Gasteiger partial charge on any atom is -0.309 e. The number of nitrogens with zero attached hydrogens (tertiary/aromatic N) is 1. The molecule has 3 heteroatoms. The summed E-state index contributed by atoms with van der Waals surface area (Å²) in [7, 11) is 0. The van der Waals surface area contributed by atoms with Crippen LogP contribution in [0.4, 0.5) is 0 Å². The van der Waals surface area contributed by atoms with Crippen LogP contribution in [0, 0.1) is 0 Å². The molecule has 0 aromatic heterocycles. The molecule has 1 aliphatic rings. The SMILES string of the molecule is CCSCCCN1CC(C)(CC)NCC1CC. The number of hydrogen-bond acceptors (Lipinski definition) is 3. The Morgan fingerprint density at radius 3 is 2.71 bits per heavy atom. The van der Waals surface area contributed by atoms with Gasteiger partial charge in [0.2, 0.25) is 0 Å². The van der Waals surface area contributed by atoms with E-state index in [9.17, 15) is 0 Å². The largest absolute Gasteiger partial charge is 0.309 e. The van der Waals surface area contributed by atoms with E-state index in [1.807, 2.05) is 0 Å². The van der Waals surface area contributed by atoms with E-state index >= 15 is 0 Å². The van der Waals surface area contributed by atoms with Crippen molar-refractivity contribution in [3.63, 3.8) is 0 Å². The topological polar surface area (TPSA) is 15.3 Å². The van der Waals surface area contributed by atoms with E-state index < -0.39 is 0 Å². The average molecular weight is 258 g/mol. The molecule has 0 spiro atoms. The summed E-state index contributed by atoms with van der Waals surface area (Å²) in [5.74, 6) is 2.57. The van der Waals surface area contributed by atoms with Gasteiger partial charge in [-0.15, -0.1) is 0 Å². The lowest BCUT2D eigenvalue weighted by Crippen LogP contribution is -2.62. The fourth-order valence-corrected chi connectivity index (χ4v) is 3.16. The van der Waals surface area contributed by atoms with Crippen LogP contribution in [-0.4, -0.2) is 47.6 Å². The van der Waals surface area contributed by atoms with Crippen LogP contribution in [0.25, 0.3) is 0 Å². The van der Waals surface area contributed by atoms with Crippen LogP contribution in [0.1, 0.15) is 47.0 Å². The Kier molecular flexibility index (Phi) is 6.90. The Balaban J connectivity index is 2.40. The summed E-state index contributed by atoms with van der Waals surface area (Å²) in [6.45, 7) is 12.9. The van der Waals surface area contributed by atoms with Gasteiger partial charge in [-0.25, -0.2) is 0 Å². The number of hydrogen-bond donors (Lipinski definition) is 1. The first-order valence-corrected chi connectivity index (χ1v) is 8.37. The number of rotatable bonds is 7. The molecule has 0 aromatic carbocycles. The fraction of sp³-hybridized carbons (Fsp3) is 1.00. The van der Waals surface area contributed by atoms with Crippen molar-refractivity contribution in [1.82, 2.24) is 10.2 Å². The first-order chi connectivity index (χ1) is 8.15. The van der Waals surface area contributed by atoms with Crippen LogP contribution >= 0.6 is 11.8 Å². The van der Waals surface area contributed by atoms with Crippen LogP contribution in [0.3, 0.4) is 0 Å². The summed E-state index contributed by atoms with van der Waals surface area (Å²) in [4.78, 5) is 2.72. The van der Waals surface area contributed by atoms with Gasteiger partial charge in [0.15, 0.2) is 0 Å². The fourth-order valence-electron chi connectivity index (χ4n) is 2.54. The molecule has 1 fully saturated rings. The van der Waals surface area contributed by atoms with E-state index in [0.717, 1.165) is 6.04 Å². The number of nitrogens with one attached hydrogen (secondary N) is 1. The van der Waals surface area contributed by atoms with Gasteiger partial charge in [-0.2, -0.15) is 11.8 Å². The Bertz CT molecular complexity index is 210. The maximum atomic E-state index is 3.73. The zero-order valence-electron chi connectivity index (χ0n) is 12.1. The summed E-state index contributed by atoms with van der Waals surface area (Å²) < 4.78 is 0. The molecule has 1 aliphatic heterocycles. The van der Waals surface area contributed by atoms with Crippen LogP contribution in [-0.2, 0) is 0 Å². The highest BCUT2D eigenvalue weighted by Gasteiger charge is 2.33. The van der Waals surface area contributed by atoms with Gasteiger partial charge in [0, 0.05) is 24.7 Å². The lowest BCUT2D eigenvalue weighted by Gasteiger charge is -2.46. The minimum atomic E-state index is 0.337. The van der Waals surface area contributed by atoms with Crippen LogP contribution in [0.2, 0.25) is 0 Å². The molecule has 102 valence electrons. The summed E-state index contributed by atoms with van der Waals surface area (Å²) in [5.41, 5.74) is 0.337. The summed E-state index contributed by atoms with van der Waals surface area (Å²) in [5, 5.41) is 3.73. The third-order valence-electron chi connectivity index (χ3n) is 4.02. The molecular formula is C14H30N2S. The van der Waals surface area contributed by atoms with Gasteiger partial charge < -0.3 is 5.32 Å². The monoisotopic (exact) mass is 258 g/mol. The molecule has 0 aliphatic carbocycles. The number of piperazine rings is 1. The van der Waals surface area contributed by atoms with Gasteiger partial charge >= 0.3 is 0 Å². The van der Waals surface area contributed by atoms with Gasteiger partial charge in [0.25, 0.3) is 0 Å². The lowest BCUT2D eigenvalue weighted by molar-refractivity contribution is 0.0825. The highest BCUT2D eigenvalue weighted by atomic mass is 32.2. The van der Waals surface area contributed by atoms with Crippen molar-refractivity contribution in [2.75, 3.05) is 31.1 Å². The highest BCUT2D eigenvalue weighted by molar-refractivity contribution is 7.99. The predicted octanol–water partition coefficient (Wildman–Crippen LogP) is 2.98. The number of thioether (sulfide) groups is 1. The molecule has 2 atom stereocenters. The van der Waals surface area contributed by atoms with Crippen molar-refractivity contribution in [1.29, 1.82) is 0 Å². The van der Waals surface area contributed by atoms with Crippen molar-refractivity contribution in [2.45, 2.75) is 58.5 Å². The summed E-state index contributed by atoms with van der Waals surface area (Å²) >= 11 is 2.07. The van der Waals surface area contributed by atoms with Gasteiger partial charge in [-0.3, -0.25) is 4.90 Å². The van der Waals surface area contributed by atoms with Gasteiger partial charge in [-0.1, -0.05) is 20.8 Å². The molecule has 1 rings (SSSR count). The molecule has 0 saturated carbocycles. The van der Waals surface area contributed by atoms with Crippen LogP contribution < -0.4 is 5.32 Å².